The van der Waals surface area contributed by atoms with Crippen molar-refractivity contribution in [2.24, 2.45) is 10.3 Å². The first kappa shape index (κ1) is 15.5. The summed E-state index contributed by atoms with van der Waals surface area (Å²) < 4.78 is 27.7. The van der Waals surface area contributed by atoms with Gasteiger partial charge in [-0.3, -0.25) is 4.79 Å². The fraction of sp³-hybridized carbons (Fsp3) is 0.429. The minimum atomic E-state index is -3.65. The van der Waals surface area contributed by atoms with E-state index in [0.29, 0.717) is 23.9 Å². The molecule has 7 heteroatoms. The first-order valence-electron chi connectivity index (χ1n) is 6.73. The van der Waals surface area contributed by atoms with Gasteiger partial charge in [0.05, 0.1) is 6.54 Å². The Kier molecular flexibility index (Phi) is 4.32. The van der Waals surface area contributed by atoms with Crippen LogP contribution in [-0.4, -0.2) is 45.2 Å². The molecule has 1 heterocycles. The number of carbonyl (C=O) groups is 1. The highest BCUT2D eigenvalue weighted by Crippen LogP contribution is 2.26. The first-order valence-corrected chi connectivity index (χ1v) is 8.17. The molecule has 1 amide bonds. The third-order valence-electron chi connectivity index (χ3n) is 3.06. The third-order valence-corrected chi connectivity index (χ3v) is 4.39. The van der Waals surface area contributed by atoms with Gasteiger partial charge in [0.2, 0.25) is 5.91 Å². The van der Waals surface area contributed by atoms with Crippen molar-refractivity contribution in [2.75, 3.05) is 20.1 Å². The van der Waals surface area contributed by atoms with E-state index in [1.165, 1.54) is 6.07 Å². The van der Waals surface area contributed by atoms with E-state index in [0.717, 1.165) is 0 Å². The maximum Gasteiger partial charge on any atom is 0.285 e. The number of sulfonamides is 1. The standard InChI is InChI=1S/C14H19N3O3S/c1-10(2)8-15-13(18)9-17(3)14-11-6-4-5-7-12(11)21(19,20)16-14/h4-7,10H,8-9H2,1-3H3,(H,15,18). The predicted octanol–water partition coefficient (Wildman–Crippen LogP) is 0.840. The van der Waals surface area contributed by atoms with Crippen molar-refractivity contribution in [1.82, 2.24) is 10.2 Å². The predicted molar refractivity (Wildman–Crippen MR) is 80.6 cm³/mol. The molecule has 0 atom stereocenters. The Bertz CT molecular complexity index is 680. The molecule has 0 bridgehead atoms. The van der Waals surface area contributed by atoms with E-state index < -0.39 is 10.0 Å². The lowest BCUT2D eigenvalue weighted by Gasteiger charge is -2.18. The lowest BCUT2D eigenvalue weighted by atomic mass is 10.2. The maximum atomic E-state index is 12.0. The van der Waals surface area contributed by atoms with Gasteiger partial charge in [-0.1, -0.05) is 26.0 Å². The number of amidine groups is 1. The van der Waals surface area contributed by atoms with Gasteiger partial charge in [0.25, 0.3) is 10.0 Å². The molecule has 0 fully saturated rings. The molecule has 1 aromatic carbocycles. The van der Waals surface area contributed by atoms with Crippen LogP contribution in [0.4, 0.5) is 0 Å². The molecule has 0 aromatic heterocycles. The van der Waals surface area contributed by atoms with Crippen LogP contribution in [-0.2, 0) is 14.8 Å². The van der Waals surface area contributed by atoms with Crippen molar-refractivity contribution >= 4 is 21.8 Å². The Balaban J connectivity index is 2.14. The van der Waals surface area contributed by atoms with Gasteiger partial charge in [-0.2, -0.15) is 8.42 Å². The number of amides is 1. The van der Waals surface area contributed by atoms with Crippen molar-refractivity contribution in [3.8, 4) is 0 Å². The summed E-state index contributed by atoms with van der Waals surface area (Å²) in [5, 5.41) is 2.80. The van der Waals surface area contributed by atoms with E-state index in [4.69, 9.17) is 0 Å². The normalized spacial score (nSPS) is 15.5. The molecule has 1 aliphatic rings. The number of hydrogen-bond donors (Lipinski definition) is 1. The topological polar surface area (TPSA) is 78.8 Å². The lowest BCUT2D eigenvalue weighted by molar-refractivity contribution is -0.121. The van der Waals surface area contributed by atoms with Gasteiger partial charge < -0.3 is 10.2 Å². The molecule has 0 saturated heterocycles. The number of fused-ring (bicyclic) bond motifs is 1. The smallest absolute Gasteiger partial charge is 0.285 e. The van der Waals surface area contributed by atoms with E-state index in [9.17, 15) is 13.2 Å². The Morgan fingerprint density at radius 3 is 2.67 bits per heavy atom. The van der Waals surface area contributed by atoms with Crippen molar-refractivity contribution < 1.29 is 13.2 Å². The average Bonchev–Trinajstić information content (AvgIpc) is 2.69. The van der Waals surface area contributed by atoms with E-state index in [1.807, 2.05) is 13.8 Å². The highest BCUT2D eigenvalue weighted by atomic mass is 32.2. The van der Waals surface area contributed by atoms with Crippen LogP contribution in [0.15, 0.2) is 33.6 Å². The SMILES string of the molecule is CC(C)CNC(=O)CN(C)C1=NS(=O)(=O)c2ccccc21. The van der Waals surface area contributed by atoms with E-state index in [-0.39, 0.29) is 17.3 Å². The second-order valence-electron chi connectivity index (χ2n) is 5.44. The second-order valence-corrected chi connectivity index (χ2v) is 7.01. The molecule has 1 aromatic rings. The van der Waals surface area contributed by atoms with Crippen LogP contribution in [0.25, 0.3) is 0 Å². The van der Waals surface area contributed by atoms with Crippen LogP contribution in [0.5, 0.6) is 0 Å². The van der Waals surface area contributed by atoms with Gasteiger partial charge in [-0.15, -0.1) is 4.40 Å². The van der Waals surface area contributed by atoms with E-state index in [2.05, 4.69) is 9.71 Å². The minimum Gasteiger partial charge on any atom is -0.354 e. The van der Waals surface area contributed by atoms with Gasteiger partial charge in [-0.25, -0.2) is 0 Å². The fourth-order valence-electron chi connectivity index (χ4n) is 2.03. The van der Waals surface area contributed by atoms with Crippen molar-refractivity contribution in [1.29, 1.82) is 0 Å². The van der Waals surface area contributed by atoms with Gasteiger partial charge in [-0.05, 0) is 18.1 Å². The first-order chi connectivity index (χ1) is 9.81. The molecule has 114 valence electrons. The largest absolute Gasteiger partial charge is 0.354 e. The third kappa shape index (κ3) is 3.41. The Morgan fingerprint density at radius 1 is 1.33 bits per heavy atom. The zero-order chi connectivity index (χ0) is 15.6. The molecule has 0 aliphatic carbocycles. The summed E-state index contributed by atoms with van der Waals surface area (Å²) in [4.78, 5) is 13.6. The second kappa shape index (κ2) is 5.85. The highest BCUT2D eigenvalue weighted by molar-refractivity contribution is 7.90. The summed E-state index contributed by atoms with van der Waals surface area (Å²) in [6.07, 6.45) is 0. The molecule has 0 saturated carbocycles. The molecule has 2 rings (SSSR count). The van der Waals surface area contributed by atoms with Crippen LogP contribution in [0, 0.1) is 5.92 Å². The molecule has 21 heavy (non-hydrogen) atoms. The van der Waals surface area contributed by atoms with E-state index >= 15 is 0 Å². The molecule has 1 aliphatic heterocycles. The summed E-state index contributed by atoms with van der Waals surface area (Å²) in [7, 11) is -1.99. The zero-order valence-electron chi connectivity index (χ0n) is 12.3. The van der Waals surface area contributed by atoms with Gasteiger partial charge in [0.1, 0.15) is 4.90 Å². The number of nitrogens with one attached hydrogen (secondary N) is 1. The Morgan fingerprint density at radius 2 is 2.00 bits per heavy atom. The average molecular weight is 309 g/mol. The molecule has 0 spiro atoms. The van der Waals surface area contributed by atoms with Crippen LogP contribution in [0.2, 0.25) is 0 Å². The molecule has 1 N–H and O–H groups in total. The highest BCUT2D eigenvalue weighted by Gasteiger charge is 2.30. The molecular weight excluding hydrogens is 290 g/mol. The Labute approximate surface area is 124 Å². The lowest BCUT2D eigenvalue weighted by Crippen LogP contribution is -2.39. The summed E-state index contributed by atoms with van der Waals surface area (Å²) in [6.45, 7) is 4.67. The summed E-state index contributed by atoms with van der Waals surface area (Å²) in [5.41, 5.74) is 0.539. The summed E-state index contributed by atoms with van der Waals surface area (Å²) >= 11 is 0. The number of hydrogen-bond acceptors (Lipinski definition) is 4. The molecule has 0 unspecified atom stereocenters. The van der Waals surface area contributed by atoms with Crippen LogP contribution < -0.4 is 5.32 Å². The van der Waals surface area contributed by atoms with Crippen LogP contribution >= 0.6 is 0 Å². The molecule has 0 radical (unpaired) electrons. The number of likely N-dealkylation sites (N-methyl/N-ethyl adjacent to an activating group) is 1. The number of rotatable bonds is 4. The monoisotopic (exact) mass is 309 g/mol. The van der Waals surface area contributed by atoms with Gasteiger partial charge >= 0.3 is 0 Å². The van der Waals surface area contributed by atoms with Crippen molar-refractivity contribution in [3.63, 3.8) is 0 Å². The summed E-state index contributed by atoms with van der Waals surface area (Å²) in [5.74, 6) is 0.519. The Hall–Kier alpha value is -1.89. The van der Waals surface area contributed by atoms with E-state index in [1.54, 1.807) is 30.1 Å². The number of benzene rings is 1. The molecule has 6 nitrogen and oxygen atoms in total. The van der Waals surface area contributed by atoms with Gasteiger partial charge in [0.15, 0.2) is 5.84 Å². The summed E-state index contributed by atoms with van der Waals surface area (Å²) in [6, 6.07) is 6.63. The quantitative estimate of drug-likeness (QED) is 0.894. The minimum absolute atomic E-state index is 0.0649. The van der Waals surface area contributed by atoms with Crippen molar-refractivity contribution in [2.45, 2.75) is 18.7 Å². The number of carbonyl (C=O) groups excluding carboxylic acids is 1. The van der Waals surface area contributed by atoms with Crippen LogP contribution in [0.1, 0.15) is 19.4 Å². The van der Waals surface area contributed by atoms with Crippen LogP contribution in [0.3, 0.4) is 0 Å². The molecular formula is C14H19N3O3S. The fourth-order valence-corrected chi connectivity index (χ4v) is 3.28. The van der Waals surface area contributed by atoms with Gasteiger partial charge in [0, 0.05) is 19.2 Å². The number of nitrogens with zero attached hydrogens (tertiary/aromatic N) is 2. The zero-order valence-corrected chi connectivity index (χ0v) is 13.1. The maximum absolute atomic E-state index is 12.0. The van der Waals surface area contributed by atoms with Crippen molar-refractivity contribution in [3.05, 3.63) is 29.8 Å².